The first kappa shape index (κ1) is 10.8. The van der Waals surface area contributed by atoms with Gasteiger partial charge in [-0.1, -0.05) is 12.2 Å². The molecule has 0 bridgehead atoms. The molecule has 0 fully saturated rings. The summed E-state index contributed by atoms with van der Waals surface area (Å²) in [4.78, 5) is 10.8. The molecule has 0 aliphatic rings. The highest BCUT2D eigenvalue weighted by Crippen LogP contribution is 2.06. The minimum atomic E-state index is 0.306. The maximum atomic E-state index is 5.49. The number of nitrogens with two attached hydrogens (primary N) is 1. The molecule has 76 valence electrons. The van der Waals surface area contributed by atoms with Crippen LogP contribution in [0, 0.1) is 0 Å². The van der Waals surface area contributed by atoms with Gasteiger partial charge in [0.25, 0.3) is 0 Å². The number of hydrogen-bond donors (Lipinski definition) is 1. The monoisotopic (exact) mass is 210 g/mol. The van der Waals surface area contributed by atoms with Gasteiger partial charge in [0.1, 0.15) is 10.7 Å². The molecule has 0 aliphatic heterocycles. The fraction of sp³-hybridized carbons (Fsp3) is 0.444. The molecule has 4 nitrogen and oxygen atoms in total. The fourth-order valence-electron chi connectivity index (χ4n) is 1.14. The number of anilines is 1. The lowest BCUT2D eigenvalue weighted by atomic mass is 10.4. The Morgan fingerprint density at radius 2 is 2.14 bits per heavy atom. The van der Waals surface area contributed by atoms with E-state index in [0.29, 0.717) is 16.6 Å². The minimum absolute atomic E-state index is 0.306. The Morgan fingerprint density at radius 1 is 1.50 bits per heavy atom. The summed E-state index contributed by atoms with van der Waals surface area (Å²) in [6.45, 7) is 5.86. The van der Waals surface area contributed by atoms with Gasteiger partial charge in [0, 0.05) is 19.3 Å². The first-order chi connectivity index (χ1) is 6.69. The number of nitrogens with zero attached hydrogens (tertiary/aromatic N) is 3. The first-order valence-corrected chi connectivity index (χ1v) is 4.97. The van der Waals surface area contributed by atoms with E-state index in [0.717, 1.165) is 13.1 Å². The van der Waals surface area contributed by atoms with Crippen molar-refractivity contribution in [3.8, 4) is 0 Å². The highest BCUT2D eigenvalue weighted by atomic mass is 32.1. The average molecular weight is 210 g/mol. The van der Waals surface area contributed by atoms with Gasteiger partial charge >= 0.3 is 0 Å². The summed E-state index contributed by atoms with van der Waals surface area (Å²) in [6.07, 6.45) is 1.68. The third-order valence-electron chi connectivity index (χ3n) is 1.94. The van der Waals surface area contributed by atoms with Crippen molar-refractivity contribution < 1.29 is 0 Å². The van der Waals surface area contributed by atoms with E-state index in [-0.39, 0.29) is 0 Å². The second-order valence-corrected chi connectivity index (χ2v) is 3.22. The largest absolute Gasteiger partial charge is 0.388 e. The fourth-order valence-corrected chi connectivity index (χ4v) is 1.26. The lowest BCUT2D eigenvalue weighted by Gasteiger charge is -2.18. The van der Waals surface area contributed by atoms with Crippen LogP contribution in [-0.4, -0.2) is 28.0 Å². The van der Waals surface area contributed by atoms with Crippen molar-refractivity contribution >= 4 is 23.2 Å². The zero-order chi connectivity index (χ0) is 10.6. The van der Waals surface area contributed by atoms with Crippen LogP contribution >= 0.6 is 12.2 Å². The molecule has 0 aliphatic carbocycles. The summed E-state index contributed by atoms with van der Waals surface area (Å²) >= 11 is 4.85. The molecule has 2 N–H and O–H groups in total. The predicted octanol–water partition coefficient (Wildman–Crippen LogP) is 0.957. The van der Waals surface area contributed by atoms with Crippen LogP contribution in [0.1, 0.15) is 19.5 Å². The Bertz CT molecular complexity index is 322. The van der Waals surface area contributed by atoms with Crippen molar-refractivity contribution in [2.45, 2.75) is 13.8 Å². The quantitative estimate of drug-likeness (QED) is 0.750. The van der Waals surface area contributed by atoms with Crippen LogP contribution in [0.15, 0.2) is 12.3 Å². The van der Waals surface area contributed by atoms with E-state index < -0.39 is 0 Å². The maximum absolute atomic E-state index is 5.49. The van der Waals surface area contributed by atoms with Crippen LogP contribution in [0.4, 0.5) is 5.95 Å². The number of rotatable bonds is 4. The SMILES string of the molecule is CCN(CC)c1nccc(C(N)=S)n1. The van der Waals surface area contributed by atoms with Crippen LogP contribution in [0.2, 0.25) is 0 Å². The molecule has 1 aromatic heterocycles. The Morgan fingerprint density at radius 3 is 2.64 bits per heavy atom. The van der Waals surface area contributed by atoms with Gasteiger partial charge in [-0.2, -0.15) is 0 Å². The van der Waals surface area contributed by atoms with Gasteiger partial charge in [-0.15, -0.1) is 0 Å². The Hall–Kier alpha value is -1.23. The molecule has 0 aromatic carbocycles. The zero-order valence-electron chi connectivity index (χ0n) is 8.40. The molecule has 5 heteroatoms. The highest BCUT2D eigenvalue weighted by Gasteiger charge is 2.06. The summed E-state index contributed by atoms with van der Waals surface area (Å²) in [7, 11) is 0. The van der Waals surface area contributed by atoms with Gasteiger partial charge in [0.15, 0.2) is 0 Å². The third-order valence-corrected chi connectivity index (χ3v) is 2.15. The molecular weight excluding hydrogens is 196 g/mol. The van der Waals surface area contributed by atoms with Crippen LogP contribution in [0.5, 0.6) is 0 Å². The molecule has 1 heterocycles. The van der Waals surface area contributed by atoms with E-state index in [1.54, 1.807) is 12.3 Å². The molecule has 0 saturated carbocycles. The number of hydrogen-bond acceptors (Lipinski definition) is 4. The molecular formula is C9H14N4S. The van der Waals surface area contributed by atoms with Crippen LogP contribution < -0.4 is 10.6 Å². The molecule has 14 heavy (non-hydrogen) atoms. The summed E-state index contributed by atoms with van der Waals surface area (Å²) in [5.74, 6) is 0.681. The standard InChI is InChI=1S/C9H14N4S/c1-3-13(4-2)9-11-6-5-7(12-9)8(10)14/h5-6H,3-4H2,1-2H3,(H2,10,14). The summed E-state index contributed by atoms with van der Waals surface area (Å²) in [6, 6.07) is 1.72. The lowest BCUT2D eigenvalue weighted by molar-refractivity contribution is 0.820. The summed E-state index contributed by atoms with van der Waals surface area (Å²) < 4.78 is 0. The van der Waals surface area contributed by atoms with E-state index in [2.05, 4.69) is 23.8 Å². The zero-order valence-corrected chi connectivity index (χ0v) is 9.21. The van der Waals surface area contributed by atoms with E-state index in [1.165, 1.54) is 0 Å². The minimum Gasteiger partial charge on any atom is -0.388 e. The molecule has 1 rings (SSSR count). The van der Waals surface area contributed by atoms with Gasteiger partial charge in [0.05, 0.1) is 0 Å². The molecule has 0 amide bonds. The predicted molar refractivity (Wildman–Crippen MR) is 61.5 cm³/mol. The van der Waals surface area contributed by atoms with Crippen molar-refractivity contribution in [3.05, 3.63) is 18.0 Å². The van der Waals surface area contributed by atoms with Crippen LogP contribution in [0.3, 0.4) is 0 Å². The van der Waals surface area contributed by atoms with E-state index >= 15 is 0 Å². The average Bonchev–Trinajstić information content (AvgIpc) is 2.20. The lowest BCUT2D eigenvalue weighted by Crippen LogP contribution is -2.25. The van der Waals surface area contributed by atoms with Crippen molar-refractivity contribution in [2.24, 2.45) is 5.73 Å². The van der Waals surface area contributed by atoms with Gasteiger partial charge in [-0.25, -0.2) is 9.97 Å². The number of aromatic nitrogens is 2. The second kappa shape index (κ2) is 4.85. The molecule has 0 atom stereocenters. The maximum Gasteiger partial charge on any atom is 0.225 e. The molecule has 0 radical (unpaired) electrons. The van der Waals surface area contributed by atoms with Crippen molar-refractivity contribution in [3.63, 3.8) is 0 Å². The molecule has 0 saturated heterocycles. The van der Waals surface area contributed by atoms with Gasteiger partial charge < -0.3 is 10.6 Å². The topological polar surface area (TPSA) is 55.0 Å². The van der Waals surface area contributed by atoms with Crippen LogP contribution in [-0.2, 0) is 0 Å². The van der Waals surface area contributed by atoms with Gasteiger partial charge in [0.2, 0.25) is 5.95 Å². The molecule has 1 aromatic rings. The Balaban J connectivity index is 2.98. The van der Waals surface area contributed by atoms with Crippen LogP contribution in [0.25, 0.3) is 0 Å². The van der Waals surface area contributed by atoms with E-state index in [1.807, 2.05) is 4.90 Å². The van der Waals surface area contributed by atoms with Crippen molar-refractivity contribution in [1.82, 2.24) is 9.97 Å². The normalized spacial score (nSPS) is 9.86. The second-order valence-electron chi connectivity index (χ2n) is 2.78. The summed E-state index contributed by atoms with van der Waals surface area (Å²) in [5, 5.41) is 0. The summed E-state index contributed by atoms with van der Waals surface area (Å²) in [5.41, 5.74) is 6.11. The molecule has 0 unspecified atom stereocenters. The number of thiocarbonyl (C=S) groups is 1. The molecule has 0 spiro atoms. The van der Waals surface area contributed by atoms with Gasteiger partial charge in [-0.3, -0.25) is 0 Å². The highest BCUT2D eigenvalue weighted by molar-refractivity contribution is 7.80. The first-order valence-electron chi connectivity index (χ1n) is 4.56. The Labute approximate surface area is 89.2 Å². The van der Waals surface area contributed by atoms with E-state index in [4.69, 9.17) is 18.0 Å². The smallest absolute Gasteiger partial charge is 0.225 e. The Kier molecular flexibility index (Phi) is 3.76. The third kappa shape index (κ3) is 2.38. The van der Waals surface area contributed by atoms with Gasteiger partial charge in [-0.05, 0) is 19.9 Å². The van der Waals surface area contributed by atoms with Crippen molar-refractivity contribution in [1.29, 1.82) is 0 Å². The van der Waals surface area contributed by atoms with E-state index in [9.17, 15) is 0 Å². The van der Waals surface area contributed by atoms with Crippen molar-refractivity contribution in [2.75, 3.05) is 18.0 Å².